The average molecular weight is 282 g/mol. The van der Waals surface area contributed by atoms with Gasteiger partial charge in [-0.2, -0.15) is 0 Å². The Bertz CT molecular complexity index is 686. The van der Waals surface area contributed by atoms with Crippen molar-refractivity contribution in [3.8, 4) is 5.75 Å². The molecular formula is C17H18N2O2. The van der Waals surface area contributed by atoms with Crippen LogP contribution in [0.5, 0.6) is 5.75 Å². The van der Waals surface area contributed by atoms with Crippen LogP contribution in [0, 0.1) is 0 Å². The molecule has 1 aromatic carbocycles. The second kappa shape index (κ2) is 5.97. The molecule has 1 N–H and O–H groups in total. The molecule has 0 aliphatic carbocycles. The van der Waals surface area contributed by atoms with Crippen LogP contribution < -0.4 is 4.74 Å². The number of imidazole rings is 1. The number of hydrogen-bond acceptors (Lipinski definition) is 3. The Morgan fingerprint density at radius 3 is 2.71 bits per heavy atom. The number of aliphatic hydroxyl groups is 1. The van der Waals surface area contributed by atoms with E-state index in [0.717, 1.165) is 23.5 Å². The zero-order valence-electron chi connectivity index (χ0n) is 11.9. The van der Waals surface area contributed by atoms with Gasteiger partial charge in [0.25, 0.3) is 0 Å². The molecule has 3 aromatic rings. The van der Waals surface area contributed by atoms with Gasteiger partial charge in [-0.15, -0.1) is 0 Å². The normalized spacial score (nSPS) is 12.5. The van der Waals surface area contributed by atoms with Crippen LogP contribution in [0.3, 0.4) is 0 Å². The fourth-order valence-electron chi connectivity index (χ4n) is 2.36. The minimum Gasteiger partial charge on any atom is -0.497 e. The van der Waals surface area contributed by atoms with Gasteiger partial charge >= 0.3 is 0 Å². The topological polar surface area (TPSA) is 46.8 Å². The van der Waals surface area contributed by atoms with Crippen molar-refractivity contribution in [2.75, 3.05) is 7.11 Å². The maximum atomic E-state index is 10.3. The first-order chi connectivity index (χ1) is 10.3. The first-order valence-corrected chi connectivity index (χ1v) is 7.01. The summed E-state index contributed by atoms with van der Waals surface area (Å²) in [6.45, 7) is 0. The van der Waals surface area contributed by atoms with Crippen molar-refractivity contribution < 1.29 is 9.84 Å². The zero-order valence-corrected chi connectivity index (χ0v) is 11.9. The molecule has 21 heavy (non-hydrogen) atoms. The van der Waals surface area contributed by atoms with Gasteiger partial charge in [0.15, 0.2) is 0 Å². The molecule has 0 saturated heterocycles. The monoisotopic (exact) mass is 282 g/mol. The van der Waals surface area contributed by atoms with Crippen molar-refractivity contribution in [1.29, 1.82) is 0 Å². The summed E-state index contributed by atoms with van der Waals surface area (Å²) in [4.78, 5) is 4.45. The molecule has 108 valence electrons. The number of pyridine rings is 1. The summed E-state index contributed by atoms with van der Waals surface area (Å²) in [7, 11) is 1.65. The highest BCUT2D eigenvalue weighted by molar-refractivity contribution is 5.39. The molecule has 0 spiro atoms. The van der Waals surface area contributed by atoms with Crippen LogP contribution in [0.2, 0.25) is 0 Å². The fraction of sp³-hybridized carbons (Fsp3) is 0.235. The predicted octanol–water partition coefficient (Wildman–Crippen LogP) is 3.01. The largest absolute Gasteiger partial charge is 0.497 e. The van der Waals surface area contributed by atoms with Crippen molar-refractivity contribution >= 4 is 5.65 Å². The second-order valence-electron chi connectivity index (χ2n) is 5.03. The van der Waals surface area contributed by atoms with E-state index in [9.17, 15) is 5.11 Å². The lowest BCUT2D eigenvalue weighted by atomic mass is 10.1. The maximum Gasteiger partial charge on any atom is 0.137 e. The molecule has 0 fully saturated rings. The van der Waals surface area contributed by atoms with Crippen molar-refractivity contribution in [1.82, 2.24) is 9.38 Å². The van der Waals surface area contributed by atoms with Gasteiger partial charge < -0.3 is 14.2 Å². The number of hydrogen-bond donors (Lipinski definition) is 1. The molecule has 0 bridgehead atoms. The van der Waals surface area contributed by atoms with E-state index >= 15 is 0 Å². The molecule has 0 saturated carbocycles. The highest BCUT2D eigenvalue weighted by Gasteiger charge is 2.12. The van der Waals surface area contributed by atoms with Crippen LogP contribution >= 0.6 is 0 Å². The summed E-state index contributed by atoms with van der Waals surface area (Å²) < 4.78 is 7.06. The molecule has 0 amide bonds. The molecule has 2 heterocycles. The Kier molecular flexibility index (Phi) is 3.88. The second-order valence-corrected chi connectivity index (χ2v) is 5.03. The number of rotatable bonds is 5. The van der Waals surface area contributed by atoms with Crippen LogP contribution in [0.1, 0.15) is 23.8 Å². The van der Waals surface area contributed by atoms with Gasteiger partial charge in [-0.3, -0.25) is 0 Å². The number of ether oxygens (including phenoxy) is 1. The zero-order chi connectivity index (χ0) is 14.7. The molecule has 1 atom stereocenters. The predicted molar refractivity (Wildman–Crippen MR) is 81.5 cm³/mol. The van der Waals surface area contributed by atoms with Gasteiger partial charge in [-0.25, -0.2) is 4.98 Å². The number of benzene rings is 1. The molecule has 0 radical (unpaired) electrons. The van der Waals surface area contributed by atoms with Crippen LogP contribution in [0.25, 0.3) is 5.65 Å². The Hall–Kier alpha value is -2.33. The molecule has 0 aliphatic heterocycles. The molecule has 1 unspecified atom stereocenters. The number of aliphatic hydroxyl groups excluding tert-OH is 1. The Labute approximate surface area is 123 Å². The smallest absolute Gasteiger partial charge is 0.137 e. The van der Waals surface area contributed by atoms with Crippen molar-refractivity contribution in [2.24, 2.45) is 0 Å². The lowest BCUT2D eigenvalue weighted by Gasteiger charge is -2.08. The standard InChI is InChI=1S/C17H18N2O2/c1-21-14-8-5-13(6-9-14)7-10-16(20)15-12-19-11-3-2-4-17(19)18-15/h2-6,8-9,11-12,16,20H,7,10H2,1H3. The van der Waals surface area contributed by atoms with Crippen LogP contribution in [-0.4, -0.2) is 21.6 Å². The Morgan fingerprint density at radius 2 is 2.00 bits per heavy atom. The number of methoxy groups -OCH3 is 1. The summed E-state index contributed by atoms with van der Waals surface area (Å²) in [5.41, 5.74) is 2.75. The quantitative estimate of drug-likeness (QED) is 0.782. The van der Waals surface area contributed by atoms with Gasteiger partial charge in [0.2, 0.25) is 0 Å². The third-order valence-corrected chi connectivity index (χ3v) is 3.59. The summed E-state index contributed by atoms with van der Waals surface area (Å²) in [5, 5.41) is 10.3. The average Bonchev–Trinajstić information content (AvgIpc) is 2.97. The summed E-state index contributed by atoms with van der Waals surface area (Å²) in [6, 6.07) is 13.7. The maximum absolute atomic E-state index is 10.3. The van der Waals surface area contributed by atoms with Gasteiger partial charge in [0.05, 0.1) is 18.9 Å². The van der Waals surface area contributed by atoms with Crippen molar-refractivity contribution in [2.45, 2.75) is 18.9 Å². The van der Waals surface area contributed by atoms with Crippen molar-refractivity contribution in [3.63, 3.8) is 0 Å². The lowest BCUT2D eigenvalue weighted by Crippen LogP contribution is -2.00. The summed E-state index contributed by atoms with van der Waals surface area (Å²) >= 11 is 0. The van der Waals surface area contributed by atoms with Crippen LogP contribution in [-0.2, 0) is 6.42 Å². The van der Waals surface area contributed by atoms with E-state index in [1.807, 2.05) is 59.3 Å². The highest BCUT2D eigenvalue weighted by Crippen LogP contribution is 2.20. The van der Waals surface area contributed by atoms with E-state index < -0.39 is 6.10 Å². The number of nitrogens with zero attached hydrogens (tertiary/aromatic N) is 2. The summed E-state index contributed by atoms with van der Waals surface area (Å²) in [5.74, 6) is 0.847. The number of aromatic nitrogens is 2. The molecule has 0 aliphatic rings. The molecule has 3 rings (SSSR count). The van der Waals surface area contributed by atoms with Crippen molar-refractivity contribution in [3.05, 3.63) is 66.1 Å². The molecular weight excluding hydrogens is 264 g/mol. The van der Waals surface area contributed by atoms with Crippen LogP contribution in [0.4, 0.5) is 0 Å². The Morgan fingerprint density at radius 1 is 1.19 bits per heavy atom. The first kappa shape index (κ1) is 13.6. The van der Waals surface area contributed by atoms with E-state index in [4.69, 9.17) is 4.74 Å². The first-order valence-electron chi connectivity index (χ1n) is 7.01. The minimum atomic E-state index is -0.549. The molecule has 2 aromatic heterocycles. The van der Waals surface area contributed by atoms with E-state index in [1.54, 1.807) is 7.11 Å². The van der Waals surface area contributed by atoms with E-state index in [2.05, 4.69) is 4.98 Å². The van der Waals surface area contributed by atoms with Gasteiger partial charge in [-0.1, -0.05) is 18.2 Å². The number of aryl methyl sites for hydroxylation is 1. The lowest BCUT2D eigenvalue weighted by molar-refractivity contribution is 0.163. The van der Waals surface area contributed by atoms with Gasteiger partial charge in [0.1, 0.15) is 11.4 Å². The summed E-state index contributed by atoms with van der Waals surface area (Å²) in [6.07, 6.45) is 4.72. The van der Waals surface area contributed by atoms with Gasteiger partial charge in [0, 0.05) is 12.4 Å². The van der Waals surface area contributed by atoms with E-state index in [1.165, 1.54) is 5.56 Å². The Balaban J connectivity index is 1.66. The van der Waals surface area contributed by atoms with E-state index in [-0.39, 0.29) is 0 Å². The fourth-order valence-corrected chi connectivity index (χ4v) is 2.36. The molecule has 4 heteroatoms. The number of fused-ring (bicyclic) bond motifs is 1. The SMILES string of the molecule is COc1ccc(CCC(O)c2cn3ccccc3n2)cc1. The van der Waals surface area contributed by atoms with Crippen LogP contribution in [0.15, 0.2) is 54.9 Å². The molecule has 4 nitrogen and oxygen atoms in total. The third-order valence-electron chi connectivity index (χ3n) is 3.59. The minimum absolute atomic E-state index is 0.549. The third kappa shape index (κ3) is 3.06. The highest BCUT2D eigenvalue weighted by atomic mass is 16.5. The van der Waals surface area contributed by atoms with Gasteiger partial charge in [-0.05, 0) is 42.7 Å². The van der Waals surface area contributed by atoms with E-state index in [0.29, 0.717) is 6.42 Å².